The number of para-hydroxylation sites is 1. The predicted octanol–water partition coefficient (Wildman–Crippen LogP) is 5.63. The van der Waals surface area contributed by atoms with Gasteiger partial charge in [-0.3, -0.25) is 0 Å². The highest BCUT2D eigenvalue weighted by atomic mass is 32.2. The van der Waals surface area contributed by atoms with Crippen molar-refractivity contribution in [1.29, 1.82) is 0 Å². The lowest BCUT2D eigenvalue weighted by Crippen LogP contribution is -1.96. The van der Waals surface area contributed by atoms with Gasteiger partial charge < -0.3 is 9.15 Å². The van der Waals surface area contributed by atoms with Crippen LogP contribution in [0, 0.1) is 0 Å². The fourth-order valence-electron chi connectivity index (χ4n) is 2.87. The predicted molar refractivity (Wildman–Crippen MR) is 107 cm³/mol. The van der Waals surface area contributed by atoms with Crippen LogP contribution in [0.4, 0.5) is 0 Å². The normalized spacial score (nSPS) is 10.9. The van der Waals surface area contributed by atoms with E-state index in [0.29, 0.717) is 16.9 Å². The maximum atomic E-state index is 5.95. The van der Waals surface area contributed by atoms with Crippen LogP contribution in [0.25, 0.3) is 11.5 Å². The Labute approximate surface area is 162 Å². The molecule has 0 radical (unpaired) electrons. The molecule has 0 saturated heterocycles. The number of nitrogens with zero attached hydrogens (tertiary/aromatic N) is 2. The van der Waals surface area contributed by atoms with Crippen LogP contribution in [0.2, 0.25) is 0 Å². The van der Waals surface area contributed by atoms with Crippen LogP contribution in [0.5, 0.6) is 5.75 Å². The molecule has 3 aromatic carbocycles. The Balaban J connectivity index is 1.66. The number of aromatic nitrogens is 2. The number of methoxy groups -OCH3 is 1. The minimum absolute atomic E-state index is 0.0679. The highest BCUT2D eigenvalue weighted by Gasteiger charge is 2.20. The maximum absolute atomic E-state index is 5.95. The van der Waals surface area contributed by atoms with Gasteiger partial charge in [-0.25, -0.2) is 0 Å². The van der Waals surface area contributed by atoms with Crippen LogP contribution in [0.15, 0.2) is 94.6 Å². The minimum Gasteiger partial charge on any atom is -0.496 e. The Bertz CT molecular complexity index is 964. The molecule has 4 nitrogen and oxygen atoms in total. The average molecular weight is 374 g/mol. The Kier molecular flexibility index (Phi) is 5.21. The Morgan fingerprint density at radius 2 is 1.37 bits per heavy atom. The quantitative estimate of drug-likeness (QED) is 0.410. The number of ether oxygens (including phenoxy) is 1. The van der Waals surface area contributed by atoms with Crippen molar-refractivity contribution < 1.29 is 9.15 Å². The third kappa shape index (κ3) is 3.88. The fraction of sp³-hybridized carbons (Fsp3) is 0.0909. The van der Waals surface area contributed by atoms with Gasteiger partial charge in [-0.05, 0) is 23.3 Å². The zero-order chi connectivity index (χ0) is 18.5. The van der Waals surface area contributed by atoms with Crippen LogP contribution >= 0.6 is 11.8 Å². The van der Waals surface area contributed by atoms with Crippen molar-refractivity contribution in [3.8, 4) is 17.2 Å². The molecule has 0 unspecified atom stereocenters. The zero-order valence-corrected chi connectivity index (χ0v) is 15.6. The fourth-order valence-corrected chi connectivity index (χ4v) is 3.88. The first kappa shape index (κ1) is 17.4. The van der Waals surface area contributed by atoms with Gasteiger partial charge in [-0.2, -0.15) is 0 Å². The molecular formula is C22H18N2O2S. The van der Waals surface area contributed by atoms with E-state index in [1.54, 1.807) is 18.9 Å². The molecule has 4 aromatic rings. The maximum Gasteiger partial charge on any atom is 0.277 e. The van der Waals surface area contributed by atoms with E-state index < -0.39 is 0 Å². The smallest absolute Gasteiger partial charge is 0.277 e. The van der Waals surface area contributed by atoms with Gasteiger partial charge in [0.05, 0.1) is 17.9 Å². The minimum atomic E-state index is 0.0679. The highest BCUT2D eigenvalue weighted by molar-refractivity contribution is 7.99. The Hall–Kier alpha value is -3.05. The summed E-state index contributed by atoms with van der Waals surface area (Å²) in [4.78, 5) is 0. The molecule has 1 heterocycles. The summed E-state index contributed by atoms with van der Waals surface area (Å²) in [6.45, 7) is 0. The third-order valence-corrected chi connectivity index (χ3v) is 5.31. The molecule has 0 aliphatic heterocycles. The highest BCUT2D eigenvalue weighted by Crippen LogP contribution is 2.41. The van der Waals surface area contributed by atoms with E-state index >= 15 is 0 Å². The monoisotopic (exact) mass is 374 g/mol. The van der Waals surface area contributed by atoms with Gasteiger partial charge in [0.2, 0.25) is 0 Å². The average Bonchev–Trinajstić information content (AvgIpc) is 3.22. The number of rotatable bonds is 6. The summed E-state index contributed by atoms with van der Waals surface area (Å²) >= 11 is 1.54. The first-order valence-corrected chi connectivity index (χ1v) is 9.46. The van der Waals surface area contributed by atoms with E-state index in [1.165, 1.54) is 11.1 Å². The van der Waals surface area contributed by atoms with E-state index in [2.05, 4.69) is 34.5 Å². The van der Waals surface area contributed by atoms with Crippen LogP contribution in [-0.2, 0) is 0 Å². The molecule has 134 valence electrons. The number of hydrogen-bond donors (Lipinski definition) is 0. The van der Waals surface area contributed by atoms with E-state index in [4.69, 9.17) is 9.15 Å². The van der Waals surface area contributed by atoms with Gasteiger partial charge in [0.25, 0.3) is 11.1 Å². The second kappa shape index (κ2) is 8.10. The topological polar surface area (TPSA) is 48.2 Å². The van der Waals surface area contributed by atoms with Gasteiger partial charge >= 0.3 is 0 Å². The Morgan fingerprint density at radius 1 is 0.778 bits per heavy atom. The Morgan fingerprint density at radius 3 is 2.00 bits per heavy atom. The van der Waals surface area contributed by atoms with E-state index in [9.17, 15) is 0 Å². The molecule has 1 aromatic heterocycles. The van der Waals surface area contributed by atoms with Crippen molar-refractivity contribution >= 4 is 11.8 Å². The summed E-state index contributed by atoms with van der Waals surface area (Å²) < 4.78 is 11.3. The van der Waals surface area contributed by atoms with Crippen molar-refractivity contribution in [2.75, 3.05) is 7.11 Å². The lowest BCUT2D eigenvalue weighted by molar-refractivity contribution is 0.411. The van der Waals surface area contributed by atoms with Crippen LogP contribution < -0.4 is 4.74 Å². The molecule has 0 aliphatic rings. The van der Waals surface area contributed by atoms with Gasteiger partial charge in [0.1, 0.15) is 5.75 Å². The van der Waals surface area contributed by atoms with Crippen molar-refractivity contribution in [3.63, 3.8) is 0 Å². The van der Waals surface area contributed by atoms with Gasteiger partial charge in [0, 0.05) is 0 Å². The SMILES string of the molecule is COc1ccccc1-c1nnc(SC(c2ccccc2)c2ccccc2)o1. The van der Waals surface area contributed by atoms with Crippen molar-refractivity contribution in [2.45, 2.75) is 10.5 Å². The molecule has 0 atom stereocenters. The summed E-state index contributed by atoms with van der Waals surface area (Å²) in [6, 6.07) is 28.3. The molecule has 0 N–H and O–H groups in total. The molecule has 5 heteroatoms. The molecule has 0 fully saturated rings. The van der Waals surface area contributed by atoms with Crippen molar-refractivity contribution in [1.82, 2.24) is 10.2 Å². The number of thioether (sulfide) groups is 1. The summed E-state index contributed by atoms with van der Waals surface area (Å²) in [7, 11) is 1.63. The summed E-state index contributed by atoms with van der Waals surface area (Å²) in [5.41, 5.74) is 3.16. The first-order chi connectivity index (χ1) is 13.3. The van der Waals surface area contributed by atoms with E-state index in [1.807, 2.05) is 60.7 Å². The lowest BCUT2D eigenvalue weighted by Gasteiger charge is -2.15. The standard InChI is InChI=1S/C22H18N2O2S/c1-25-19-15-9-8-14-18(19)21-23-24-22(26-21)27-20(16-10-4-2-5-11-16)17-12-6-3-7-13-17/h2-15,20H,1H3. The van der Waals surface area contributed by atoms with E-state index in [0.717, 1.165) is 5.56 Å². The first-order valence-electron chi connectivity index (χ1n) is 8.58. The molecule has 0 saturated carbocycles. The third-order valence-electron chi connectivity index (χ3n) is 4.17. The van der Waals surface area contributed by atoms with Crippen LogP contribution in [-0.4, -0.2) is 17.3 Å². The van der Waals surface area contributed by atoms with Gasteiger partial charge in [0.15, 0.2) is 0 Å². The van der Waals surface area contributed by atoms with Crippen LogP contribution in [0.3, 0.4) is 0 Å². The van der Waals surface area contributed by atoms with Gasteiger partial charge in [-0.15, -0.1) is 10.2 Å². The zero-order valence-electron chi connectivity index (χ0n) is 14.8. The summed E-state index contributed by atoms with van der Waals surface area (Å²) in [5.74, 6) is 1.16. The second-order valence-electron chi connectivity index (χ2n) is 5.89. The summed E-state index contributed by atoms with van der Waals surface area (Å²) in [6.07, 6.45) is 0. The molecule has 0 bridgehead atoms. The molecule has 4 rings (SSSR count). The molecule has 0 spiro atoms. The van der Waals surface area contributed by atoms with Crippen molar-refractivity contribution in [2.24, 2.45) is 0 Å². The van der Waals surface area contributed by atoms with Crippen LogP contribution in [0.1, 0.15) is 16.4 Å². The second-order valence-corrected chi connectivity index (χ2v) is 6.95. The largest absolute Gasteiger partial charge is 0.496 e. The molecule has 0 aliphatic carbocycles. The summed E-state index contributed by atoms with van der Waals surface area (Å²) in [5, 5.41) is 9.06. The molecule has 0 amide bonds. The number of hydrogen-bond acceptors (Lipinski definition) is 5. The molecule has 27 heavy (non-hydrogen) atoms. The lowest BCUT2D eigenvalue weighted by atomic mass is 10.0. The molecular weight excluding hydrogens is 356 g/mol. The van der Waals surface area contributed by atoms with E-state index in [-0.39, 0.29) is 5.25 Å². The van der Waals surface area contributed by atoms with Crippen molar-refractivity contribution in [3.05, 3.63) is 96.1 Å². The number of benzene rings is 3. The van der Waals surface area contributed by atoms with Gasteiger partial charge in [-0.1, -0.05) is 84.6 Å².